The summed E-state index contributed by atoms with van der Waals surface area (Å²) in [5.41, 5.74) is -1.92. The fourth-order valence-corrected chi connectivity index (χ4v) is 2.35. The van der Waals surface area contributed by atoms with Gasteiger partial charge in [0, 0.05) is 12.0 Å². The van der Waals surface area contributed by atoms with E-state index in [4.69, 9.17) is 9.84 Å². The number of Topliss-reactive ketones (excluding diaryl/α,β-unsaturated/α-hetero) is 1. The van der Waals surface area contributed by atoms with Crippen molar-refractivity contribution in [2.45, 2.75) is 30.5 Å². The molecule has 2 aliphatic rings. The minimum absolute atomic E-state index is 0.0678. The number of carbonyl (C=O) groups is 1. The summed E-state index contributed by atoms with van der Waals surface area (Å²) in [7, 11) is 0. The number of rotatable bonds is 3. The third kappa shape index (κ3) is 2.24. The van der Waals surface area contributed by atoms with E-state index in [9.17, 15) is 18.0 Å². The Morgan fingerprint density at radius 1 is 1.29 bits per heavy atom. The smallest absolute Gasteiger partial charge is 0.393 e. The molecule has 21 heavy (non-hydrogen) atoms. The Morgan fingerprint density at radius 2 is 1.90 bits per heavy atom. The predicted molar refractivity (Wildman–Crippen MR) is 63.4 cm³/mol. The van der Waals surface area contributed by atoms with Gasteiger partial charge < -0.3 is 9.84 Å². The molecule has 0 bridgehead atoms. The van der Waals surface area contributed by atoms with E-state index in [-0.39, 0.29) is 17.8 Å². The molecular formula is C13H11F3N2O3. The van der Waals surface area contributed by atoms with Gasteiger partial charge in [-0.05, 0) is 5.56 Å². The fourth-order valence-electron chi connectivity index (χ4n) is 2.35. The Balaban J connectivity index is 1.79. The Labute approximate surface area is 117 Å². The van der Waals surface area contributed by atoms with Crippen LogP contribution >= 0.6 is 0 Å². The number of hydrogen-bond acceptors (Lipinski definition) is 5. The average Bonchev–Trinajstić information content (AvgIpc) is 3.18. The van der Waals surface area contributed by atoms with Crippen molar-refractivity contribution in [2.24, 2.45) is 10.2 Å². The van der Waals surface area contributed by atoms with Crippen LogP contribution in [-0.2, 0) is 15.2 Å². The number of halogens is 3. The molecule has 1 saturated heterocycles. The van der Waals surface area contributed by atoms with E-state index in [1.54, 1.807) is 0 Å². The molecule has 112 valence electrons. The zero-order valence-corrected chi connectivity index (χ0v) is 10.7. The largest absolute Gasteiger partial charge is 0.442 e. The second-order valence-electron chi connectivity index (χ2n) is 4.96. The van der Waals surface area contributed by atoms with E-state index in [0.29, 0.717) is 5.56 Å². The molecule has 2 atom stereocenters. The Morgan fingerprint density at radius 3 is 2.33 bits per heavy atom. The molecule has 0 aliphatic carbocycles. The molecule has 0 unspecified atom stereocenters. The third-order valence-electron chi connectivity index (χ3n) is 3.62. The summed E-state index contributed by atoms with van der Waals surface area (Å²) in [5.74, 6) is -0.217. The van der Waals surface area contributed by atoms with Gasteiger partial charge in [-0.15, -0.1) is 10.2 Å². The highest BCUT2D eigenvalue weighted by Crippen LogP contribution is 2.52. The van der Waals surface area contributed by atoms with E-state index in [1.807, 2.05) is 0 Å². The van der Waals surface area contributed by atoms with E-state index in [0.717, 1.165) is 0 Å². The van der Waals surface area contributed by atoms with Gasteiger partial charge in [0.25, 0.3) is 0 Å². The lowest BCUT2D eigenvalue weighted by atomic mass is 9.98. The van der Waals surface area contributed by atoms with Crippen molar-refractivity contribution in [3.63, 3.8) is 0 Å². The predicted octanol–water partition coefficient (Wildman–Crippen LogP) is 2.26. The molecule has 2 heterocycles. The van der Waals surface area contributed by atoms with E-state index < -0.39 is 30.7 Å². The van der Waals surface area contributed by atoms with Crippen LogP contribution in [0.2, 0.25) is 0 Å². The SMILES string of the molecule is O=C1C[C@H](c2ccc(C3(C(F)(F)F)N=N3)cc2)O[C@@H]1CO. The van der Waals surface area contributed by atoms with Crippen LogP contribution in [0.15, 0.2) is 34.5 Å². The molecule has 2 aliphatic heterocycles. The molecule has 3 rings (SSSR count). The number of hydrogen-bond donors (Lipinski definition) is 1. The van der Waals surface area contributed by atoms with Crippen LogP contribution in [0.5, 0.6) is 0 Å². The standard InChI is InChI=1S/C13H11F3N2O3/c14-13(15,16)12(17-18-12)8-3-1-7(2-4-8)10-5-9(20)11(6-19)21-10/h1-4,10-11,19H,5-6H2/t10-,11-/m1/s1. The molecule has 0 aromatic heterocycles. The van der Waals surface area contributed by atoms with Gasteiger partial charge in [0.15, 0.2) is 5.78 Å². The van der Waals surface area contributed by atoms with E-state index >= 15 is 0 Å². The average molecular weight is 300 g/mol. The monoisotopic (exact) mass is 300 g/mol. The summed E-state index contributed by atoms with van der Waals surface area (Å²) in [6, 6.07) is 5.49. The van der Waals surface area contributed by atoms with Crippen LogP contribution in [0.1, 0.15) is 23.7 Å². The van der Waals surface area contributed by atoms with Crippen LogP contribution < -0.4 is 0 Å². The van der Waals surface area contributed by atoms with E-state index in [1.165, 1.54) is 24.3 Å². The fraction of sp³-hybridized carbons (Fsp3) is 0.462. The second-order valence-corrected chi connectivity index (χ2v) is 4.96. The number of benzene rings is 1. The minimum Gasteiger partial charge on any atom is -0.393 e. The summed E-state index contributed by atoms with van der Waals surface area (Å²) < 4.78 is 43.9. The molecule has 8 heteroatoms. The summed E-state index contributed by atoms with van der Waals surface area (Å²) >= 11 is 0. The summed E-state index contributed by atoms with van der Waals surface area (Å²) in [6.45, 7) is -0.400. The number of alkyl halides is 3. The molecule has 5 nitrogen and oxygen atoms in total. The number of carbonyl (C=O) groups excluding carboxylic acids is 1. The molecule has 0 radical (unpaired) electrons. The maximum atomic E-state index is 12.8. The van der Waals surface area contributed by atoms with Crippen LogP contribution in [0.4, 0.5) is 13.2 Å². The molecule has 1 aromatic carbocycles. The zero-order valence-electron chi connectivity index (χ0n) is 10.7. The first-order valence-corrected chi connectivity index (χ1v) is 6.27. The van der Waals surface area contributed by atoms with Crippen molar-refractivity contribution in [3.05, 3.63) is 35.4 Å². The van der Waals surface area contributed by atoms with Crippen molar-refractivity contribution in [3.8, 4) is 0 Å². The van der Waals surface area contributed by atoms with Crippen molar-refractivity contribution in [1.29, 1.82) is 0 Å². The lowest BCUT2D eigenvalue weighted by molar-refractivity contribution is -0.166. The number of ether oxygens (including phenoxy) is 1. The Bertz CT molecular complexity index is 592. The van der Waals surface area contributed by atoms with Gasteiger partial charge in [0.1, 0.15) is 6.10 Å². The molecule has 0 spiro atoms. The quantitative estimate of drug-likeness (QED) is 0.930. The highest BCUT2D eigenvalue weighted by atomic mass is 19.4. The molecule has 1 aromatic rings. The van der Waals surface area contributed by atoms with Crippen LogP contribution in [0, 0.1) is 0 Å². The topological polar surface area (TPSA) is 71.2 Å². The first kappa shape index (κ1) is 14.2. The van der Waals surface area contributed by atoms with E-state index in [2.05, 4.69) is 10.2 Å². The summed E-state index contributed by atoms with van der Waals surface area (Å²) in [4.78, 5) is 11.5. The molecule has 0 saturated carbocycles. The minimum atomic E-state index is -4.56. The number of aliphatic hydroxyl groups is 1. The van der Waals surface area contributed by atoms with Crippen LogP contribution in [-0.4, -0.2) is 29.8 Å². The van der Waals surface area contributed by atoms with Gasteiger partial charge in [0.2, 0.25) is 0 Å². The molecule has 0 amide bonds. The highest BCUT2D eigenvalue weighted by Gasteiger charge is 2.65. The molecule has 1 N–H and O–H groups in total. The Hall–Kier alpha value is -1.80. The number of nitrogens with zero attached hydrogens (tertiary/aromatic N) is 2. The van der Waals surface area contributed by atoms with Crippen molar-refractivity contribution in [2.75, 3.05) is 6.61 Å². The third-order valence-corrected chi connectivity index (χ3v) is 3.62. The first-order chi connectivity index (χ1) is 9.87. The van der Waals surface area contributed by atoms with Crippen LogP contribution in [0.25, 0.3) is 0 Å². The normalized spacial score (nSPS) is 27.1. The maximum Gasteiger partial charge on any atom is 0.442 e. The van der Waals surface area contributed by atoms with Crippen molar-refractivity contribution in [1.82, 2.24) is 0 Å². The zero-order chi connectivity index (χ0) is 15.3. The first-order valence-electron chi connectivity index (χ1n) is 6.27. The summed E-state index contributed by atoms with van der Waals surface area (Å²) in [5, 5.41) is 15.2. The van der Waals surface area contributed by atoms with Gasteiger partial charge in [-0.1, -0.05) is 24.3 Å². The highest BCUT2D eigenvalue weighted by molar-refractivity contribution is 5.85. The van der Waals surface area contributed by atoms with Gasteiger partial charge in [0.05, 0.1) is 12.7 Å². The van der Waals surface area contributed by atoms with Gasteiger partial charge in [-0.25, -0.2) is 0 Å². The van der Waals surface area contributed by atoms with Crippen LogP contribution in [0.3, 0.4) is 0 Å². The lowest BCUT2D eigenvalue weighted by Crippen LogP contribution is -2.30. The van der Waals surface area contributed by atoms with Gasteiger partial charge >= 0.3 is 11.8 Å². The lowest BCUT2D eigenvalue weighted by Gasteiger charge is -2.16. The Kier molecular flexibility index (Phi) is 3.10. The maximum absolute atomic E-state index is 12.8. The van der Waals surface area contributed by atoms with Gasteiger partial charge in [-0.2, -0.15) is 13.2 Å². The molecule has 1 fully saturated rings. The van der Waals surface area contributed by atoms with Crippen molar-refractivity contribution >= 4 is 5.78 Å². The number of ketones is 1. The van der Waals surface area contributed by atoms with Crippen molar-refractivity contribution < 1.29 is 27.8 Å². The molecular weight excluding hydrogens is 289 g/mol. The number of aliphatic hydroxyl groups excluding tert-OH is 1. The van der Waals surface area contributed by atoms with Gasteiger partial charge in [-0.3, -0.25) is 4.79 Å². The summed E-state index contributed by atoms with van der Waals surface area (Å²) in [6.07, 6.45) is -5.86. The second kappa shape index (κ2) is 4.60.